The fraction of sp³-hybridized carbons (Fsp3) is 0.364. The fourth-order valence-electron chi connectivity index (χ4n) is 3.52. The maximum Gasteiger partial charge on any atom is 0.326 e. The van der Waals surface area contributed by atoms with Crippen molar-refractivity contribution in [1.29, 1.82) is 0 Å². The lowest BCUT2D eigenvalue weighted by Crippen LogP contribution is -2.56. The highest BCUT2D eigenvalue weighted by molar-refractivity contribution is 5.94. The average Bonchev–Trinajstić information content (AvgIpc) is 3.65. The predicted molar refractivity (Wildman–Crippen MR) is 129 cm³/mol. The summed E-state index contributed by atoms with van der Waals surface area (Å²) in [6.07, 6.45) is 8.71. The van der Waals surface area contributed by atoms with Crippen molar-refractivity contribution >= 4 is 29.6 Å². The Bertz CT molecular complexity index is 1210. The molecule has 202 valence electrons. The van der Waals surface area contributed by atoms with Gasteiger partial charge in [-0.1, -0.05) is 0 Å². The molecule has 0 unspecified atom stereocenters. The predicted octanol–water partition coefficient (Wildman–Crippen LogP) is -2.44. The van der Waals surface area contributed by atoms with Crippen molar-refractivity contribution in [2.75, 3.05) is 6.54 Å². The molecule has 0 aliphatic heterocycles. The number of hydrogen-bond donors (Lipinski definition) is 8. The summed E-state index contributed by atoms with van der Waals surface area (Å²) >= 11 is 0. The van der Waals surface area contributed by atoms with Crippen LogP contribution in [0.2, 0.25) is 0 Å². The van der Waals surface area contributed by atoms with Crippen molar-refractivity contribution in [1.82, 2.24) is 51.2 Å². The van der Waals surface area contributed by atoms with Crippen LogP contribution < -0.4 is 21.3 Å². The van der Waals surface area contributed by atoms with E-state index in [0.29, 0.717) is 17.1 Å². The van der Waals surface area contributed by atoms with Crippen molar-refractivity contribution in [3.63, 3.8) is 0 Å². The number of aromatic nitrogens is 6. The van der Waals surface area contributed by atoms with Gasteiger partial charge in [-0.05, 0) is 0 Å². The largest absolute Gasteiger partial charge is 0.480 e. The van der Waals surface area contributed by atoms with Crippen molar-refractivity contribution in [2.24, 2.45) is 0 Å². The molecule has 0 aliphatic rings. The summed E-state index contributed by atoms with van der Waals surface area (Å²) < 4.78 is 0. The highest BCUT2D eigenvalue weighted by Gasteiger charge is 2.28. The summed E-state index contributed by atoms with van der Waals surface area (Å²) in [6, 6.07) is -3.40. The normalized spacial score (nSPS) is 13.1. The number of H-pyrrole nitrogens is 3. The zero-order valence-electron chi connectivity index (χ0n) is 20.4. The second-order valence-corrected chi connectivity index (χ2v) is 8.33. The number of imidazole rings is 3. The summed E-state index contributed by atoms with van der Waals surface area (Å²) in [4.78, 5) is 81.7. The monoisotopic (exact) mass is 528 g/mol. The number of carboxylic acids is 1. The Balaban J connectivity index is 1.63. The van der Waals surface area contributed by atoms with Crippen molar-refractivity contribution in [3.8, 4) is 0 Å². The van der Waals surface area contributed by atoms with Crippen LogP contribution in [-0.2, 0) is 43.2 Å². The molecule has 3 rings (SSSR count). The van der Waals surface area contributed by atoms with Gasteiger partial charge in [-0.3, -0.25) is 19.2 Å². The molecule has 0 saturated carbocycles. The number of aromatic amines is 3. The first-order valence-electron chi connectivity index (χ1n) is 11.5. The van der Waals surface area contributed by atoms with Gasteiger partial charge < -0.3 is 41.3 Å². The molecule has 0 bridgehead atoms. The number of hydrogen-bond acceptors (Lipinski definition) is 8. The van der Waals surface area contributed by atoms with Crippen molar-refractivity contribution in [3.05, 3.63) is 54.7 Å². The second kappa shape index (κ2) is 13.3. The SMILES string of the molecule is CC(=O)N[C@H](Cc1cnc[nH]1)C(=O)N[C@@H](Cc1cnc[nH]1)C(=O)NCC(=O)N[C@H](Cc1cnc[nH]1)C(=O)O. The molecule has 38 heavy (non-hydrogen) atoms. The molecular weight excluding hydrogens is 500 g/mol. The number of carbonyl (C=O) groups is 5. The number of nitrogens with one attached hydrogen (secondary N) is 7. The minimum atomic E-state index is -1.26. The summed E-state index contributed by atoms with van der Waals surface area (Å²) in [5.74, 6) is -3.78. The Morgan fingerprint density at radius 1 is 0.737 bits per heavy atom. The molecule has 8 N–H and O–H groups in total. The minimum absolute atomic E-state index is 0.00756. The maximum absolute atomic E-state index is 13.0. The molecule has 3 aromatic heterocycles. The van der Waals surface area contributed by atoms with Gasteiger partial charge in [0.15, 0.2) is 0 Å². The van der Waals surface area contributed by atoms with E-state index in [1.807, 2.05) is 0 Å². The van der Waals surface area contributed by atoms with E-state index in [-0.39, 0.29) is 19.3 Å². The van der Waals surface area contributed by atoms with Gasteiger partial charge in [0, 0.05) is 61.9 Å². The standard InChI is InChI=1S/C22H28N10O6/c1-12(33)30-17(3-14-6-24-10-28-14)21(36)32-16(2-13-5-23-9-27-13)20(35)26-8-19(34)31-18(22(37)38)4-15-7-25-11-29-15/h5-7,9-11,16-18H,2-4,8H2,1H3,(H,23,27)(H,24,28)(H,25,29)(H,26,35)(H,30,33)(H,31,34)(H,32,36)(H,37,38)/t16-,17+,18+/m0/s1. The number of carboxylic acid groups (broad SMARTS) is 1. The highest BCUT2D eigenvalue weighted by atomic mass is 16.4. The molecule has 16 nitrogen and oxygen atoms in total. The highest BCUT2D eigenvalue weighted by Crippen LogP contribution is 2.04. The lowest BCUT2D eigenvalue weighted by Gasteiger charge is -2.22. The van der Waals surface area contributed by atoms with Gasteiger partial charge in [0.05, 0.1) is 25.5 Å². The molecule has 3 aromatic rings. The molecule has 0 aromatic carbocycles. The minimum Gasteiger partial charge on any atom is -0.480 e. The van der Waals surface area contributed by atoms with Crippen LogP contribution in [0.4, 0.5) is 0 Å². The Hall–Kier alpha value is -5.02. The molecule has 0 fully saturated rings. The van der Waals surface area contributed by atoms with E-state index in [9.17, 15) is 29.1 Å². The van der Waals surface area contributed by atoms with Crippen LogP contribution in [0.5, 0.6) is 0 Å². The Morgan fingerprint density at radius 3 is 1.63 bits per heavy atom. The molecule has 4 amide bonds. The number of nitrogens with zero attached hydrogens (tertiary/aromatic N) is 3. The fourth-order valence-corrected chi connectivity index (χ4v) is 3.52. The Morgan fingerprint density at radius 2 is 1.21 bits per heavy atom. The average molecular weight is 529 g/mol. The first-order chi connectivity index (χ1) is 18.2. The molecule has 16 heteroatoms. The zero-order chi connectivity index (χ0) is 27.5. The van der Waals surface area contributed by atoms with Gasteiger partial charge in [0.25, 0.3) is 0 Å². The quantitative estimate of drug-likeness (QED) is 0.111. The maximum atomic E-state index is 13.0. The number of aliphatic carboxylic acids is 1. The summed E-state index contributed by atoms with van der Waals surface area (Å²) in [5, 5.41) is 19.3. The van der Waals surface area contributed by atoms with Crippen LogP contribution in [0.15, 0.2) is 37.6 Å². The molecule has 0 radical (unpaired) electrons. The molecular formula is C22H28N10O6. The van der Waals surface area contributed by atoms with E-state index in [4.69, 9.17) is 0 Å². The summed E-state index contributed by atoms with van der Waals surface area (Å²) in [5.41, 5.74) is 1.63. The van der Waals surface area contributed by atoms with Gasteiger partial charge in [-0.2, -0.15) is 0 Å². The van der Waals surface area contributed by atoms with Gasteiger partial charge in [0.2, 0.25) is 23.6 Å². The van der Waals surface area contributed by atoms with Crippen LogP contribution in [-0.4, -0.2) is 89.3 Å². The second-order valence-electron chi connectivity index (χ2n) is 8.33. The van der Waals surface area contributed by atoms with E-state index in [1.54, 1.807) is 0 Å². The Labute approximate surface area is 215 Å². The topological polar surface area (TPSA) is 240 Å². The zero-order valence-corrected chi connectivity index (χ0v) is 20.4. The lowest BCUT2D eigenvalue weighted by molar-refractivity contribution is -0.141. The van der Waals surface area contributed by atoms with E-state index in [2.05, 4.69) is 51.2 Å². The third kappa shape index (κ3) is 8.58. The van der Waals surface area contributed by atoms with Crippen molar-refractivity contribution < 1.29 is 29.1 Å². The smallest absolute Gasteiger partial charge is 0.326 e. The van der Waals surface area contributed by atoms with Gasteiger partial charge in [-0.25, -0.2) is 19.7 Å². The first kappa shape index (κ1) is 27.6. The van der Waals surface area contributed by atoms with Crippen LogP contribution in [0.25, 0.3) is 0 Å². The van der Waals surface area contributed by atoms with E-state index in [1.165, 1.54) is 44.5 Å². The molecule has 0 saturated heterocycles. The van der Waals surface area contributed by atoms with Gasteiger partial charge >= 0.3 is 5.97 Å². The summed E-state index contributed by atoms with van der Waals surface area (Å²) in [7, 11) is 0. The summed E-state index contributed by atoms with van der Waals surface area (Å²) in [6.45, 7) is 0.724. The first-order valence-corrected chi connectivity index (χ1v) is 11.5. The van der Waals surface area contributed by atoms with E-state index >= 15 is 0 Å². The molecule has 3 atom stereocenters. The van der Waals surface area contributed by atoms with Gasteiger partial charge in [-0.15, -0.1) is 0 Å². The molecule has 0 aliphatic carbocycles. The third-order valence-electron chi connectivity index (χ3n) is 5.32. The van der Waals surface area contributed by atoms with Gasteiger partial charge in [0.1, 0.15) is 18.1 Å². The van der Waals surface area contributed by atoms with E-state index in [0.717, 1.165) is 0 Å². The number of amides is 4. The lowest BCUT2D eigenvalue weighted by atomic mass is 10.1. The Kier molecular flexibility index (Phi) is 9.67. The van der Waals surface area contributed by atoms with Crippen LogP contribution in [0.3, 0.4) is 0 Å². The third-order valence-corrected chi connectivity index (χ3v) is 5.32. The number of rotatable bonds is 14. The van der Waals surface area contributed by atoms with Crippen molar-refractivity contribution in [2.45, 2.75) is 44.3 Å². The number of carbonyl (C=O) groups excluding carboxylic acids is 4. The van der Waals surface area contributed by atoms with Crippen LogP contribution >= 0.6 is 0 Å². The van der Waals surface area contributed by atoms with Crippen LogP contribution in [0.1, 0.15) is 24.0 Å². The molecule has 3 heterocycles. The molecule has 0 spiro atoms. The van der Waals surface area contributed by atoms with E-state index < -0.39 is 54.3 Å². The van der Waals surface area contributed by atoms with Crippen LogP contribution in [0, 0.1) is 0 Å².